The highest BCUT2D eigenvalue weighted by Crippen LogP contribution is 2.42. The van der Waals surface area contributed by atoms with Gasteiger partial charge in [-0.15, -0.1) is 0 Å². The van der Waals surface area contributed by atoms with Gasteiger partial charge in [0, 0.05) is 50.1 Å². The van der Waals surface area contributed by atoms with Crippen molar-refractivity contribution in [1.82, 2.24) is 14.9 Å². The number of ether oxygens (including phenoxy) is 2. The van der Waals surface area contributed by atoms with Crippen LogP contribution in [0.4, 0.5) is 0 Å². The van der Waals surface area contributed by atoms with Gasteiger partial charge < -0.3 is 24.5 Å². The molecule has 2 N–H and O–H groups in total. The van der Waals surface area contributed by atoms with Crippen molar-refractivity contribution < 1.29 is 19.4 Å². The molecule has 2 heterocycles. The monoisotopic (exact) mass is 481 g/mol. The van der Waals surface area contributed by atoms with Gasteiger partial charge in [0.25, 0.3) is 0 Å². The maximum atomic E-state index is 11.2. The third kappa shape index (κ3) is 5.88. The van der Waals surface area contributed by atoms with Gasteiger partial charge in [-0.25, -0.2) is 4.98 Å². The van der Waals surface area contributed by atoms with E-state index in [9.17, 15) is 9.90 Å². The first-order valence-corrected chi connectivity index (χ1v) is 12.4. The van der Waals surface area contributed by atoms with E-state index < -0.39 is 6.29 Å². The van der Waals surface area contributed by atoms with Crippen LogP contribution in [0.15, 0.2) is 66.1 Å². The molecular weight excluding hydrogens is 450 g/mol. The molecule has 1 aliphatic rings. The zero-order valence-corrected chi connectivity index (χ0v) is 20.5. The average molecular weight is 482 g/mol. The minimum atomic E-state index is -0.513. The second-order valence-corrected chi connectivity index (χ2v) is 9.59. The summed E-state index contributed by atoms with van der Waals surface area (Å²) in [6, 6.07) is 15.9. The fourth-order valence-corrected chi connectivity index (χ4v) is 5.07. The second-order valence-electron chi connectivity index (χ2n) is 8.61. The van der Waals surface area contributed by atoms with Gasteiger partial charge in [-0.2, -0.15) is 0 Å². The molecule has 7 nitrogen and oxygen atoms in total. The maximum absolute atomic E-state index is 11.2. The summed E-state index contributed by atoms with van der Waals surface area (Å²) in [4.78, 5) is 15.6. The lowest BCUT2D eigenvalue weighted by Gasteiger charge is -2.41. The van der Waals surface area contributed by atoms with E-state index >= 15 is 0 Å². The summed E-state index contributed by atoms with van der Waals surface area (Å²) < 4.78 is 15.0. The van der Waals surface area contributed by atoms with Crippen LogP contribution < -0.4 is 5.32 Å². The number of aryl methyl sites for hydroxylation is 1. The summed E-state index contributed by atoms with van der Waals surface area (Å²) in [5.41, 5.74) is 3.88. The van der Waals surface area contributed by atoms with Crippen molar-refractivity contribution in [1.29, 1.82) is 0 Å². The Hall–Kier alpha value is -2.65. The van der Waals surface area contributed by atoms with Crippen LogP contribution >= 0.6 is 11.8 Å². The molecule has 0 spiro atoms. The molecule has 1 aliphatic heterocycles. The average Bonchev–Trinajstić information content (AvgIpc) is 3.27. The summed E-state index contributed by atoms with van der Waals surface area (Å²) in [6.07, 6.45) is 3.01. The quantitative estimate of drug-likeness (QED) is 0.471. The molecule has 2 aromatic carbocycles. The van der Waals surface area contributed by atoms with Crippen molar-refractivity contribution in [2.75, 3.05) is 5.75 Å². The highest BCUT2D eigenvalue weighted by atomic mass is 32.2. The van der Waals surface area contributed by atoms with Crippen LogP contribution in [-0.4, -0.2) is 32.4 Å². The SMILES string of the molecule is CC(=O)NCc1ccc([C@H]2O[C@@H](CSc3nccn3C)[C@@H](C)[C@@H](c3ccc(CO)cc3)O2)cc1. The lowest BCUT2D eigenvalue weighted by Crippen LogP contribution is -2.38. The number of aliphatic hydroxyl groups is 1. The van der Waals surface area contributed by atoms with Gasteiger partial charge in [0.1, 0.15) is 0 Å². The lowest BCUT2D eigenvalue weighted by molar-refractivity contribution is -0.268. The van der Waals surface area contributed by atoms with E-state index in [1.807, 2.05) is 66.3 Å². The Kier molecular flexibility index (Phi) is 8.05. The van der Waals surface area contributed by atoms with E-state index in [4.69, 9.17) is 9.47 Å². The number of amides is 1. The number of nitrogens with one attached hydrogen (secondary N) is 1. The third-order valence-corrected chi connectivity index (χ3v) is 7.22. The van der Waals surface area contributed by atoms with Crippen molar-refractivity contribution in [3.8, 4) is 0 Å². The minimum absolute atomic E-state index is 0.0147. The van der Waals surface area contributed by atoms with Crippen LogP contribution in [0.1, 0.15) is 48.5 Å². The van der Waals surface area contributed by atoms with Crippen molar-refractivity contribution in [3.63, 3.8) is 0 Å². The maximum Gasteiger partial charge on any atom is 0.217 e. The molecule has 0 radical (unpaired) electrons. The summed E-state index contributed by atoms with van der Waals surface area (Å²) >= 11 is 1.67. The largest absolute Gasteiger partial charge is 0.392 e. The molecule has 0 unspecified atom stereocenters. The number of carbonyl (C=O) groups is 1. The molecule has 34 heavy (non-hydrogen) atoms. The van der Waals surface area contributed by atoms with E-state index in [0.29, 0.717) is 6.54 Å². The van der Waals surface area contributed by atoms with E-state index in [1.165, 1.54) is 6.92 Å². The first-order valence-electron chi connectivity index (χ1n) is 11.4. The van der Waals surface area contributed by atoms with E-state index in [0.717, 1.165) is 33.2 Å². The zero-order chi connectivity index (χ0) is 24.1. The number of hydrogen-bond acceptors (Lipinski definition) is 6. The van der Waals surface area contributed by atoms with Crippen LogP contribution in [0.25, 0.3) is 0 Å². The standard InChI is InChI=1S/C26H31N3O4S/c1-17-23(16-34-26-27-12-13-29(26)3)32-25(22-10-4-19(5-11-22)14-28-18(2)31)33-24(17)21-8-6-20(15-30)7-9-21/h4-13,17,23-25,30H,14-16H2,1-3H3,(H,28,31)/t17-,23+,24+,25+/m1/s1. The smallest absolute Gasteiger partial charge is 0.217 e. The summed E-state index contributed by atoms with van der Waals surface area (Å²) in [5, 5.41) is 13.2. The van der Waals surface area contributed by atoms with Gasteiger partial charge in [-0.3, -0.25) is 4.79 Å². The number of carbonyl (C=O) groups excluding carboxylic acids is 1. The van der Waals surface area contributed by atoms with Gasteiger partial charge in [-0.05, 0) is 16.7 Å². The van der Waals surface area contributed by atoms with Gasteiger partial charge in [0.2, 0.25) is 5.91 Å². The Labute approximate surface area is 204 Å². The van der Waals surface area contributed by atoms with Crippen molar-refractivity contribution >= 4 is 17.7 Å². The number of aliphatic hydroxyl groups excluding tert-OH is 1. The molecule has 3 aromatic rings. The molecule has 1 aromatic heterocycles. The second kappa shape index (κ2) is 11.2. The number of thioether (sulfide) groups is 1. The van der Waals surface area contributed by atoms with Crippen LogP contribution in [0, 0.1) is 5.92 Å². The van der Waals surface area contributed by atoms with Crippen LogP contribution in [0.3, 0.4) is 0 Å². The topological polar surface area (TPSA) is 85.6 Å². The summed E-state index contributed by atoms with van der Waals surface area (Å²) in [5.74, 6) is 0.806. The molecule has 1 amide bonds. The van der Waals surface area contributed by atoms with E-state index in [1.54, 1.807) is 18.0 Å². The van der Waals surface area contributed by atoms with Gasteiger partial charge >= 0.3 is 0 Å². The van der Waals surface area contributed by atoms with E-state index in [2.05, 4.69) is 17.2 Å². The van der Waals surface area contributed by atoms with Crippen molar-refractivity contribution in [2.45, 2.75) is 50.7 Å². The van der Waals surface area contributed by atoms with Gasteiger partial charge in [-0.1, -0.05) is 67.2 Å². The molecule has 0 bridgehead atoms. The molecule has 8 heteroatoms. The predicted molar refractivity (Wildman–Crippen MR) is 131 cm³/mol. The fraction of sp³-hybridized carbons (Fsp3) is 0.385. The number of aromatic nitrogens is 2. The molecule has 0 aliphatic carbocycles. The van der Waals surface area contributed by atoms with Crippen LogP contribution in [0.5, 0.6) is 0 Å². The number of benzene rings is 2. The Morgan fingerprint density at radius 3 is 2.38 bits per heavy atom. The molecular formula is C26H31N3O4S. The number of rotatable bonds is 8. The molecule has 0 saturated carbocycles. The lowest BCUT2D eigenvalue weighted by atomic mass is 9.91. The fourth-order valence-electron chi connectivity index (χ4n) is 3.98. The Balaban J connectivity index is 1.55. The molecule has 4 rings (SSSR count). The molecule has 4 atom stereocenters. The Bertz CT molecular complexity index is 1080. The summed E-state index contributed by atoms with van der Waals surface area (Å²) in [7, 11) is 1.99. The highest BCUT2D eigenvalue weighted by Gasteiger charge is 2.38. The van der Waals surface area contributed by atoms with Crippen LogP contribution in [-0.2, 0) is 34.5 Å². The first-order chi connectivity index (χ1) is 16.4. The Morgan fingerprint density at radius 1 is 1.09 bits per heavy atom. The van der Waals surface area contributed by atoms with Crippen molar-refractivity contribution in [2.24, 2.45) is 13.0 Å². The highest BCUT2D eigenvalue weighted by molar-refractivity contribution is 7.99. The molecule has 1 fully saturated rings. The Morgan fingerprint density at radius 2 is 1.76 bits per heavy atom. The number of imidazole rings is 1. The summed E-state index contributed by atoms with van der Waals surface area (Å²) in [6.45, 7) is 4.17. The van der Waals surface area contributed by atoms with Gasteiger partial charge in [0.05, 0.1) is 18.8 Å². The molecule has 1 saturated heterocycles. The first kappa shape index (κ1) is 24.5. The number of nitrogens with zero attached hydrogens (tertiary/aromatic N) is 2. The van der Waals surface area contributed by atoms with Crippen LogP contribution in [0.2, 0.25) is 0 Å². The number of hydrogen-bond donors (Lipinski definition) is 2. The zero-order valence-electron chi connectivity index (χ0n) is 19.7. The van der Waals surface area contributed by atoms with E-state index in [-0.39, 0.29) is 30.6 Å². The normalized spacial score (nSPS) is 22.5. The van der Waals surface area contributed by atoms with Crippen molar-refractivity contribution in [3.05, 3.63) is 83.2 Å². The molecule has 180 valence electrons. The third-order valence-electron chi connectivity index (χ3n) is 6.07. The van der Waals surface area contributed by atoms with Gasteiger partial charge in [0.15, 0.2) is 11.4 Å². The predicted octanol–water partition coefficient (Wildman–Crippen LogP) is 4.13. The minimum Gasteiger partial charge on any atom is -0.392 e.